The number of ether oxygens (including phenoxy) is 3. The van der Waals surface area contributed by atoms with Gasteiger partial charge in [0.1, 0.15) is 6.61 Å². The zero-order chi connectivity index (χ0) is 18.4. The Labute approximate surface area is 152 Å². The Morgan fingerprint density at radius 1 is 1.27 bits per heavy atom. The van der Waals surface area contributed by atoms with Crippen LogP contribution in [-0.4, -0.2) is 25.5 Å². The molecule has 0 aromatic heterocycles. The van der Waals surface area contributed by atoms with Crippen LogP contribution in [0, 0.1) is 6.92 Å². The topological polar surface area (TPSA) is 72.4 Å². The minimum atomic E-state index is -0.495. The fraction of sp³-hybridized carbons (Fsp3) is 0.263. The number of hydrogen-bond acceptors (Lipinski definition) is 6. The number of nitrogens with one attached hydrogen (secondary N) is 1. The number of amides is 1. The number of carbonyl (C=O) groups is 1. The van der Waals surface area contributed by atoms with Crippen molar-refractivity contribution in [1.82, 2.24) is 0 Å². The predicted molar refractivity (Wildman–Crippen MR) is 98.9 cm³/mol. The molecule has 0 spiro atoms. The maximum Gasteiger partial charge on any atom is 0.411 e. The Morgan fingerprint density at radius 3 is 2.81 bits per heavy atom. The first-order valence-electron chi connectivity index (χ1n) is 8.36. The molecule has 2 aromatic carbocycles. The minimum absolute atomic E-state index is 0.226. The van der Waals surface area contributed by atoms with Gasteiger partial charge in [-0.2, -0.15) is 0 Å². The summed E-state index contributed by atoms with van der Waals surface area (Å²) in [7, 11) is 0. The second kappa shape index (κ2) is 8.24. The van der Waals surface area contributed by atoms with Gasteiger partial charge in [0.05, 0.1) is 12.3 Å². The fourth-order valence-corrected chi connectivity index (χ4v) is 2.42. The summed E-state index contributed by atoms with van der Waals surface area (Å²) in [6.07, 6.45) is -0.234. The van der Waals surface area contributed by atoms with Crippen LogP contribution in [0.3, 0.4) is 0 Å². The molecule has 0 atom stereocenters. The number of anilines is 2. The first kappa shape index (κ1) is 17.6. The molecule has 0 saturated heterocycles. The molecular formula is C19H21N3O4. The number of benzene rings is 2. The molecule has 136 valence electrons. The molecule has 1 amide bonds. The monoisotopic (exact) mass is 355 g/mol. The molecule has 0 saturated carbocycles. The van der Waals surface area contributed by atoms with Crippen LogP contribution in [0.2, 0.25) is 0 Å². The zero-order valence-electron chi connectivity index (χ0n) is 14.8. The van der Waals surface area contributed by atoms with Crippen LogP contribution in [0.5, 0.6) is 0 Å². The first-order chi connectivity index (χ1) is 12.7. The molecule has 0 fully saturated rings. The summed E-state index contributed by atoms with van der Waals surface area (Å²) < 4.78 is 15.8. The number of aryl methyl sites for hydroxylation is 1. The average molecular weight is 355 g/mol. The van der Waals surface area contributed by atoms with Gasteiger partial charge in [0, 0.05) is 5.69 Å². The van der Waals surface area contributed by atoms with Gasteiger partial charge < -0.3 is 14.2 Å². The first-order valence-corrected chi connectivity index (χ1v) is 8.36. The van der Waals surface area contributed by atoms with Gasteiger partial charge in [0.15, 0.2) is 6.73 Å². The number of carbonyl (C=O) groups excluding carboxylic acids is 1. The molecule has 26 heavy (non-hydrogen) atoms. The normalized spacial score (nSPS) is 13.0. The molecule has 1 aliphatic rings. The number of hydrogen-bond donors (Lipinski definition) is 1. The van der Waals surface area contributed by atoms with Gasteiger partial charge in [-0.15, -0.1) is 0 Å². The second-order valence-electron chi connectivity index (χ2n) is 5.66. The number of nitrogens with zero attached hydrogens (tertiary/aromatic N) is 2. The molecule has 1 N–H and O–H groups in total. The van der Waals surface area contributed by atoms with E-state index in [0.29, 0.717) is 19.0 Å². The van der Waals surface area contributed by atoms with Crippen molar-refractivity contribution < 1.29 is 19.0 Å². The average Bonchev–Trinajstić information content (AvgIpc) is 3.11. The van der Waals surface area contributed by atoms with Crippen LogP contribution >= 0.6 is 0 Å². The van der Waals surface area contributed by atoms with Gasteiger partial charge in [-0.05, 0) is 43.2 Å². The van der Waals surface area contributed by atoms with Gasteiger partial charge in [-0.1, -0.05) is 35.4 Å². The van der Waals surface area contributed by atoms with Crippen LogP contribution in [-0.2, 0) is 20.8 Å². The van der Waals surface area contributed by atoms with Crippen molar-refractivity contribution in [2.24, 2.45) is 5.10 Å². The van der Waals surface area contributed by atoms with Crippen LogP contribution in [0.4, 0.5) is 16.2 Å². The van der Waals surface area contributed by atoms with Crippen molar-refractivity contribution >= 4 is 23.6 Å². The van der Waals surface area contributed by atoms with Crippen molar-refractivity contribution in [2.75, 3.05) is 23.7 Å². The summed E-state index contributed by atoms with van der Waals surface area (Å²) in [6.45, 7) is 4.79. The van der Waals surface area contributed by atoms with Gasteiger partial charge in [-0.3, -0.25) is 5.32 Å². The Kier molecular flexibility index (Phi) is 5.58. The van der Waals surface area contributed by atoms with E-state index < -0.39 is 6.09 Å². The number of hydrazone groups is 1. The molecule has 1 heterocycles. The Hall–Kier alpha value is -3.22. The van der Waals surface area contributed by atoms with Gasteiger partial charge >= 0.3 is 12.2 Å². The molecular weight excluding hydrogens is 334 g/mol. The largest absolute Gasteiger partial charge is 0.450 e. The van der Waals surface area contributed by atoms with Crippen LogP contribution in [0.15, 0.2) is 53.6 Å². The highest BCUT2D eigenvalue weighted by Crippen LogP contribution is 2.25. The van der Waals surface area contributed by atoms with E-state index in [2.05, 4.69) is 10.4 Å². The lowest BCUT2D eigenvalue weighted by molar-refractivity contribution is 0.155. The Morgan fingerprint density at radius 2 is 2.08 bits per heavy atom. The molecule has 7 nitrogen and oxygen atoms in total. The molecule has 0 bridgehead atoms. The molecule has 0 unspecified atom stereocenters. The SMILES string of the molecule is CCOC1=NN(c2ccc(NC(=O)OCc3ccccc3)c(C)c2)CO1. The van der Waals surface area contributed by atoms with Crippen LogP contribution in [0.1, 0.15) is 18.1 Å². The van der Waals surface area contributed by atoms with E-state index in [1.165, 1.54) is 0 Å². The summed E-state index contributed by atoms with van der Waals surface area (Å²) >= 11 is 0. The summed E-state index contributed by atoms with van der Waals surface area (Å²) in [5, 5.41) is 8.68. The van der Waals surface area contributed by atoms with Gasteiger partial charge in [0.2, 0.25) is 0 Å². The number of rotatable bonds is 5. The van der Waals surface area contributed by atoms with E-state index in [9.17, 15) is 4.79 Å². The summed E-state index contributed by atoms with van der Waals surface area (Å²) in [5.41, 5.74) is 3.35. The van der Waals surface area contributed by atoms with E-state index in [-0.39, 0.29) is 12.7 Å². The highest BCUT2D eigenvalue weighted by Gasteiger charge is 2.19. The fourth-order valence-electron chi connectivity index (χ4n) is 2.42. The maximum absolute atomic E-state index is 12.0. The molecule has 0 radical (unpaired) electrons. The van der Waals surface area contributed by atoms with Crippen molar-refractivity contribution in [3.63, 3.8) is 0 Å². The highest BCUT2D eigenvalue weighted by atomic mass is 16.7. The molecule has 3 rings (SSSR count). The Balaban J connectivity index is 1.58. The van der Waals surface area contributed by atoms with Gasteiger partial charge in [-0.25, -0.2) is 9.80 Å². The quantitative estimate of drug-likeness (QED) is 0.882. The lowest BCUT2D eigenvalue weighted by Crippen LogP contribution is -2.16. The molecule has 2 aromatic rings. The third-order valence-electron chi connectivity index (χ3n) is 3.74. The molecule has 1 aliphatic heterocycles. The lowest BCUT2D eigenvalue weighted by atomic mass is 10.2. The van der Waals surface area contributed by atoms with Crippen molar-refractivity contribution in [2.45, 2.75) is 20.5 Å². The van der Waals surface area contributed by atoms with Crippen molar-refractivity contribution in [1.29, 1.82) is 0 Å². The lowest BCUT2D eigenvalue weighted by Gasteiger charge is -2.14. The molecule has 7 heteroatoms. The third-order valence-corrected chi connectivity index (χ3v) is 3.74. The van der Waals surface area contributed by atoms with E-state index in [1.54, 1.807) is 5.01 Å². The van der Waals surface area contributed by atoms with Crippen molar-refractivity contribution in [3.05, 3.63) is 59.7 Å². The second-order valence-corrected chi connectivity index (χ2v) is 5.66. The predicted octanol–water partition coefficient (Wildman–Crippen LogP) is 3.85. The van der Waals surface area contributed by atoms with E-state index >= 15 is 0 Å². The van der Waals surface area contributed by atoms with Crippen LogP contribution in [0.25, 0.3) is 0 Å². The maximum atomic E-state index is 12.0. The zero-order valence-corrected chi connectivity index (χ0v) is 14.8. The van der Waals surface area contributed by atoms with E-state index in [1.807, 2.05) is 62.4 Å². The summed E-state index contributed by atoms with van der Waals surface area (Å²) in [6, 6.07) is 15.1. The molecule has 0 aliphatic carbocycles. The van der Waals surface area contributed by atoms with E-state index in [0.717, 1.165) is 16.8 Å². The highest BCUT2D eigenvalue weighted by molar-refractivity contribution is 5.86. The van der Waals surface area contributed by atoms with Crippen molar-refractivity contribution in [3.8, 4) is 0 Å². The summed E-state index contributed by atoms with van der Waals surface area (Å²) in [4.78, 5) is 12.0. The summed E-state index contributed by atoms with van der Waals surface area (Å²) in [5.74, 6) is 0. The van der Waals surface area contributed by atoms with E-state index in [4.69, 9.17) is 14.2 Å². The van der Waals surface area contributed by atoms with Crippen LogP contribution < -0.4 is 10.3 Å². The smallest absolute Gasteiger partial charge is 0.411 e. The third kappa shape index (κ3) is 4.44. The Bertz CT molecular complexity index is 793. The van der Waals surface area contributed by atoms with Gasteiger partial charge in [0.25, 0.3) is 0 Å². The minimum Gasteiger partial charge on any atom is -0.450 e. The standard InChI is InChI=1S/C19H21N3O4/c1-3-24-19-21-22(13-26-19)16-9-10-17(14(2)11-16)20-18(23)25-12-15-7-5-4-6-8-15/h4-11H,3,12-13H2,1-2H3,(H,20,23).